The molecule has 12 heavy (non-hydrogen) atoms. The van der Waals surface area contributed by atoms with Crippen LogP contribution in [0.1, 0.15) is 45.4 Å². The molecule has 0 heterocycles. The number of carbonyl (C=O) groups excluding carboxylic acids is 1. The van der Waals surface area contributed by atoms with Gasteiger partial charge in [0.25, 0.3) is 0 Å². The molecular weight excluding hydrogens is 148 g/mol. The minimum Gasteiger partial charge on any atom is -0.295 e. The van der Waals surface area contributed by atoms with E-state index in [4.69, 9.17) is 0 Å². The Balaban J connectivity index is 2.28. The molecule has 68 valence electrons. The first-order chi connectivity index (χ1) is 5.83. The zero-order valence-corrected chi connectivity index (χ0v) is 7.88. The molecule has 0 aromatic heterocycles. The van der Waals surface area contributed by atoms with Crippen LogP contribution in [0.25, 0.3) is 0 Å². The van der Waals surface area contributed by atoms with E-state index in [2.05, 4.69) is 6.08 Å². The highest BCUT2D eigenvalue weighted by atomic mass is 16.1. The average molecular weight is 166 g/mol. The molecule has 0 unspecified atom stereocenters. The van der Waals surface area contributed by atoms with Crippen molar-refractivity contribution in [3.8, 4) is 0 Å². The van der Waals surface area contributed by atoms with Crippen LogP contribution in [0.3, 0.4) is 0 Å². The molecule has 0 N–H and O–H groups in total. The van der Waals surface area contributed by atoms with Crippen molar-refractivity contribution in [2.45, 2.75) is 45.4 Å². The van der Waals surface area contributed by atoms with E-state index >= 15 is 0 Å². The lowest BCUT2D eigenvalue weighted by Gasteiger charge is -2.17. The minimum absolute atomic E-state index is 0.264. The van der Waals surface area contributed by atoms with E-state index in [0.29, 0.717) is 12.3 Å². The van der Waals surface area contributed by atoms with Crippen LogP contribution in [0.2, 0.25) is 0 Å². The maximum atomic E-state index is 11.0. The summed E-state index contributed by atoms with van der Waals surface area (Å²) in [6.07, 6.45) is 11.2. The van der Waals surface area contributed by atoms with Crippen molar-refractivity contribution in [3.63, 3.8) is 0 Å². The highest BCUT2D eigenvalue weighted by Crippen LogP contribution is 2.24. The summed E-state index contributed by atoms with van der Waals surface area (Å²) in [7, 11) is 0. The summed E-state index contributed by atoms with van der Waals surface area (Å²) < 4.78 is 0. The zero-order valence-electron chi connectivity index (χ0n) is 7.88. The third-order valence-electron chi connectivity index (χ3n) is 2.55. The molecule has 1 fully saturated rings. The summed E-state index contributed by atoms with van der Waals surface area (Å²) in [5.41, 5.74) is 0. The zero-order chi connectivity index (χ0) is 8.81. The molecule has 0 saturated heterocycles. The number of carbonyl (C=O) groups is 1. The van der Waals surface area contributed by atoms with Crippen molar-refractivity contribution in [1.82, 2.24) is 0 Å². The third kappa shape index (κ3) is 3.21. The Hall–Kier alpha value is -0.590. The Morgan fingerprint density at radius 1 is 1.33 bits per heavy atom. The smallest absolute Gasteiger partial charge is 0.155 e. The molecule has 1 heteroatoms. The van der Waals surface area contributed by atoms with Crippen molar-refractivity contribution in [1.29, 1.82) is 0 Å². The molecule has 1 aliphatic carbocycles. The molecule has 0 aromatic carbocycles. The highest BCUT2D eigenvalue weighted by molar-refractivity contribution is 5.89. The normalized spacial score (nSPS) is 20.1. The van der Waals surface area contributed by atoms with Crippen LogP contribution in [-0.4, -0.2) is 5.78 Å². The van der Waals surface area contributed by atoms with Crippen molar-refractivity contribution in [2.75, 3.05) is 0 Å². The summed E-state index contributed by atoms with van der Waals surface area (Å²) in [6, 6.07) is 0. The topological polar surface area (TPSA) is 17.1 Å². The van der Waals surface area contributed by atoms with Crippen LogP contribution in [0.4, 0.5) is 0 Å². The van der Waals surface area contributed by atoms with E-state index in [9.17, 15) is 4.79 Å². The fourth-order valence-electron chi connectivity index (χ4n) is 1.69. The molecule has 0 atom stereocenters. The molecule has 1 rings (SSSR count). The van der Waals surface area contributed by atoms with E-state index in [0.717, 1.165) is 0 Å². The predicted octanol–water partition coefficient (Wildman–Crippen LogP) is 3.10. The van der Waals surface area contributed by atoms with Gasteiger partial charge in [-0.15, -0.1) is 0 Å². The molecule has 0 radical (unpaired) electrons. The van der Waals surface area contributed by atoms with E-state index < -0.39 is 0 Å². The summed E-state index contributed by atoms with van der Waals surface area (Å²) in [6.45, 7) is 1.91. The second kappa shape index (κ2) is 5.13. The van der Waals surface area contributed by atoms with Gasteiger partial charge in [-0.3, -0.25) is 4.79 Å². The number of hydrogen-bond acceptors (Lipinski definition) is 1. The molecule has 1 saturated carbocycles. The van der Waals surface area contributed by atoms with Gasteiger partial charge in [-0.2, -0.15) is 0 Å². The van der Waals surface area contributed by atoms with E-state index in [1.807, 2.05) is 6.92 Å². The van der Waals surface area contributed by atoms with Crippen molar-refractivity contribution in [3.05, 3.63) is 12.2 Å². The first kappa shape index (κ1) is 9.50. The van der Waals surface area contributed by atoms with Crippen LogP contribution in [-0.2, 0) is 4.79 Å². The van der Waals surface area contributed by atoms with Gasteiger partial charge < -0.3 is 0 Å². The average Bonchev–Trinajstić information content (AvgIpc) is 2.16. The Kier molecular flexibility index (Phi) is 4.06. The second-order valence-electron chi connectivity index (χ2n) is 3.58. The Bertz CT molecular complexity index is 164. The molecule has 0 amide bonds. The van der Waals surface area contributed by atoms with Gasteiger partial charge >= 0.3 is 0 Å². The van der Waals surface area contributed by atoms with Gasteiger partial charge in [-0.05, 0) is 24.8 Å². The molecule has 1 nitrogen and oxygen atoms in total. The third-order valence-corrected chi connectivity index (χ3v) is 2.55. The van der Waals surface area contributed by atoms with Crippen molar-refractivity contribution >= 4 is 5.78 Å². The Morgan fingerprint density at radius 2 is 2.00 bits per heavy atom. The first-order valence-corrected chi connectivity index (χ1v) is 5.04. The summed E-state index contributed by atoms with van der Waals surface area (Å²) >= 11 is 0. The second-order valence-corrected chi connectivity index (χ2v) is 3.58. The predicted molar refractivity (Wildman–Crippen MR) is 51.0 cm³/mol. The Labute approximate surface area is 74.9 Å². The van der Waals surface area contributed by atoms with E-state index in [1.165, 1.54) is 32.1 Å². The standard InChI is InChI=1S/C11H18O/c1-2-11(12)9-8-10-6-4-3-5-7-10/h8-10H,2-7H2,1H3/b9-8+. The maximum absolute atomic E-state index is 11.0. The van der Waals surface area contributed by atoms with Crippen molar-refractivity contribution < 1.29 is 4.79 Å². The van der Waals surface area contributed by atoms with Crippen LogP contribution >= 0.6 is 0 Å². The molecule has 1 aliphatic rings. The summed E-state index contributed by atoms with van der Waals surface area (Å²) in [4.78, 5) is 11.0. The minimum atomic E-state index is 0.264. The van der Waals surface area contributed by atoms with E-state index in [1.54, 1.807) is 6.08 Å². The van der Waals surface area contributed by atoms with Gasteiger partial charge in [0.2, 0.25) is 0 Å². The van der Waals surface area contributed by atoms with Gasteiger partial charge in [0.15, 0.2) is 5.78 Å². The van der Waals surface area contributed by atoms with Crippen LogP contribution in [0.5, 0.6) is 0 Å². The lowest BCUT2D eigenvalue weighted by atomic mass is 9.89. The SMILES string of the molecule is CCC(=O)/C=C/C1CCCCC1. The lowest BCUT2D eigenvalue weighted by molar-refractivity contribution is -0.114. The van der Waals surface area contributed by atoms with Gasteiger partial charge in [-0.1, -0.05) is 32.3 Å². The molecule has 0 aromatic rings. The molecule has 0 bridgehead atoms. The first-order valence-electron chi connectivity index (χ1n) is 5.04. The van der Waals surface area contributed by atoms with Crippen LogP contribution < -0.4 is 0 Å². The summed E-state index contributed by atoms with van der Waals surface area (Å²) in [5.74, 6) is 0.954. The monoisotopic (exact) mass is 166 g/mol. The fourth-order valence-corrected chi connectivity index (χ4v) is 1.69. The molecule has 0 aliphatic heterocycles. The van der Waals surface area contributed by atoms with Gasteiger partial charge in [0.1, 0.15) is 0 Å². The fraction of sp³-hybridized carbons (Fsp3) is 0.727. The Morgan fingerprint density at radius 3 is 2.58 bits per heavy atom. The highest BCUT2D eigenvalue weighted by Gasteiger charge is 2.09. The van der Waals surface area contributed by atoms with Crippen LogP contribution in [0.15, 0.2) is 12.2 Å². The largest absolute Gasteiger partial charge is 0.295 e. The quantitative estimate of drug-likeness (QED) is 0.589. The number of allylic oxidation sites excluding steroid dienone is 2. The molecular formula is C11H18O. The number of hydrogen-bond donors (Lipinski definition) is 0. The van der Waals surface area contributed by atoms with Crippen molar-refractivity contribution in [2.24, 2.45) is 5.92 Å². The number of ketones is 1. The number of rotatable bonds is 3. The van der Waals surface area contributed by atoms with Gasteiger partial charge in [-0.25, -0.2) is 0 Å². The van der Waals surface area contributed by atoms with Gasteiger partial charge in [0, 0.05) is 6.42 Å². The lowest BCUT2D eigenvalue weighted by Crippen LogP contribution is -2.03. The molecule has 0 spiro atoms. The maximum Gasteiger partial charge on any atom is 0.155 e. The summed E-state index contributed by atoms with van der Waals surface area (Å²) in [5, 5.41) is 0. The van der Waals surface area contributed by atoms with E-state index in [-0.39, 0.29) is 5.78 Å². The van der Waals surface area contributed by atoms with Gasteiger partial charge in [0.05, 0.1) is 0 Å². The van der Waals surface area contributed by atoms with Crippen LogP contribution in [0, 0.1) is 5.92 Å².